The molecule has 0 radical (unpaired) electrons. The van der Waals surface area contributed by atoms with E-state index >= 15 is 0 Å². The predicted molar refractivity (Wildman–Crippen MR) is 92.1 cm³/mol. The van der Waals surface area contributed by atoms with Crippen LogP contribution in [0.2, 0.25) is 0 Å². The molecule has 0 unspecified atom stereocenters. The van der Waals surface area contributed by atoms with Gasteiger partial charge < -0.3 is 14.4 Å². The molecule has 0 spiro atoms. The summed E-state index contributed by atoms with van der Waals surface area (Å²) in [5.74, 6) is -0.301. The Morgan fingerprint density at radius 3 is 2.96 bits per heavy atom. The van der Waals surface area contributed by atoms with Crippen molar-refractivity contribution in [1.82, 2.24) is 9.55 Å². The van der Waals surface area contributed by atoms with Crippen molar-refractivity contribution in [3.05, 3.63) is 53.6 Å². The molecule has 3 aromatic rings. The monoisotopic (exact) mass is 320 g/mol. The molecule has 0 saturated carbocycles. The summed E-state index contributed by atoms with van der Waals surface area (Å²) in [5, 5.41) is 8.90. The van der Waals surface area contributed by atoms with Gasteiger partial charge in [-0.1, -0.05) is 36.4 Å². The van der Waals surface area contributed by atoms with E-state index in [1.165, 1.54) is 11.1 Å². The first-order valence-corrected chi connectivity index (χ1v) is 7.73. The van der Waals surface area contributed by atoms with Gasteiger partial charge in [-0.05, 0) is 11.6 Å². The molecular weight excluding hydrogens is 304 g/mol. The number of fused-ring (bicyclic) bond motifs is 5. The fraction of sp³-hybridized carbons (Fsp3) is 0.158. The number of hydrogen-bond acceptors (Lipinski definition) is 3. The van der Waals surface area contributed by atoms with E-state index in [1.807, 2.05) is 30.3 Å². The van der Waals surface area contributed by atoms with Crippen LogP contribution in [0.5, 0.6) is 5.88 Å². The van der Waals surface area contributed by atoms with Gasteiger partial charge in [0.1, 0.15) is 5.52 Å². The van der Waals surface area contributed by atoms with Crippen molar-refractivity contribution in [2.24, 2.45) is 0 Å². The quantitative estimate of drug-likeness (QED) is 0.624. The number of hydrogen-bond donors (Lipinski definition) is 1. The molecule has 24 heavy (non-hydrogen) atoms. The minimum atomic E-state index is -0.850. The van der Waals surface area contributed by atoms with E-state index in [0.29, 0.717) is 5.88 Å². The van der Waals surface area contributed by atoms with Gasteiger partial charge in [0.15, 0.2) is 0 Å². The number of benzene rings is 1. The van der Waals surface area contributed by atoms with Crippen LogP contribution < -0.4 is 4.74 Å². The van der Waals surface area contributed by atoms with Gasteiger partial charge in [-0.15, -0.1) is 0 Å². The van der Waals surface area contributed by atoms with Crippen LogP contribution in [-0.2, 0) is 11.3 Å². The lowest BCUT2D eigenvalue weighted by Gasteiger charge is -2.02. The molecule has 120 valence electrons. The van der Waals surface area contributed by atoms with E-state index < -0.39 is 5.97 Å². The Morgan fingerprint density at radius 1 is 1.33 bits per heavy atom. The van der Waals surface area contributed by atoms with E-state index in [9.17, 15) is 4.79 Å². The molecule has 1 aliphatic heterocycles. The first-order valence-electron chi connectivity index (χ1n) is 7.73. The smallest absolute Gasteiger partial charge is 0.307 e. The summed E-state index contributed by atoms with van der Waals surface area (Å²) in [6, 6.07) is 12.1. The lowest BCUT2D eigenvalue weighted by molar-refractivity contribution is -0.135. The van der Waals surface area contributed by atoms with Gasteiger partial charge in [-0.3, -0.25) is 4.79 Å². The van der Waals surface area contributed by atoms with Crippen molar-refractivity contribution >= 4 is 23.1 Å². The summed E-state index contributed by atoms with van der Waals surface area (Å²) in [4.78, 5) is 15.4. The second-order valence-corrected chi connectivity index (χ2v) is 5.73. The average Bonchev–Trinajstić information content (AvgIpc) is 3.10. The van der Waals surface area contributed by atoms with E-state index in [1.54, 1.807) is 13.2 Å². The Kier molecular flexibility index (Phi) is 3.34. The Labute approximate surface area is 138 Å². The molecule has 0 fully saturated rings. The second kappa shape index (κ2) is 5.53. The zero-order valence-corrected chi connectivity index (χ0v) is 13.2. The molecule has 5 nitrogen and oxygen atoms in total. The lowest BCUT2D eigenvalue weighted by atomic mass is 10.0. The van der Waals surface area contributed by atoms with Crippen molar-refractivity contribution in [2.75, 3.05) is 7.11 Å². The third-order valence-electron chi connectivity index (χ3n) is 4.31. The van der Waals surface area contributed by atoms with Crippen LogP contribution in [0.3, 0.4) is 0 Å². The molecule has 0 saturated heterocycles. The highest BCUT2D eigenvalue weighted by atomic mass is 16.5. The summed E-state index contributed by atoms with van der Waals surface area (Å²) in [5.41, 5.74) is 6.32. The van der Waals surface area contributed by atoms with Crippen molar-refractivity contribution in [3.8, 4) is 17.1 Å². The molecule has 0 amide bonds. The van der Waals surface area contributed by atoms with Gasteiger partial charge in [0, 0.05) is 23.7 Å². The topological polar surface area (TPSA) is 64.3 Å². The van der Waals surface area contributed by atoms with Crippen LogP contribution in [0.4, 0.5) is 0 Å². The minimum absolute atomic E-state index is 0.0161. The maximum atomic E-state index is 10.8. The number of carbonyl (C=O) groups is 1. The number of rotatable bonds is 4. The summed E-state index contributed by atoms with van der Waals surface area (Å²) < 4.78 is 7.48. The fourth-order valence-corrected chi connectivity index (χ4v) is 3.29. The number of nitrogens with zero attached hydrogens (tertiary/aromatic N) is 2. The summed E-state index contributed by atoms with van der Waals surface area (Å²) in [6.45, 7) is 0.794. The Balaban J connectivity index is 1.97. The number of carboxylic acids is 1. The largest absolute Gasteiger partial charge is 0.481 e. The van der Waals surface area contributed by atoms with Gasteiger partial charge in [0.25, 0.3) is 0 Å². The molecule has 0 bridgehead atoms. The zero-order chi connectivity index (χ0) is 16.7. The molecular formula is C19H16N2O3. The third-order valence-corrected chi connectivity index (χ3v) is 4.31. The minimum Gasteiger partial charge on any atom is -0.481 e. The highest BCUT2D eigenvalue weighted by Crippen LogP contribution is 2.41. The van der Waals surface area contributed by atoms with Crippen LogP contribution in [-0.4, -0.2) is 27.7 Å². The van der Waals surface area contributed by atoms with Crippen LogP contribution in [0.15, 0.2) is 42.5 Å². The number of methoxy groups -OCH3 is 1. The van der Waals surface area contributed by atoms with Crippen LogP contribution in [0.25, 0.3) is 28.4 Å². The summed E-state index contributed by atoms with van der Waals surface area (Å²) in [7, 11) is 1.59. The molecule has 4 rings (SSSR count). The lowest BCUT2D eigenvalue weighted by Crippen LogP contribution is -1.93. The maximum Gasteiger partial charge on any atom is 0.307 e. The molecule has 0 atom stereocenters. The number of aromatic nitrogens is 2. The Morgan fingerprint density at radius 2 is 2.17 bits per heavy atom. The number of aliphatic carboxylic acids is 1. The summed E-state index contributed by atoms with van der Waals surface area (Å²) >= 11 is 0. The van der Waals surface area contributed by atoms with Crippen molar-refractivity contribution < 1.29 is 14.6 Å². The molecule has 1 aliphatic rings. The first-order chi connectivity index (χ1) is 11.7. The van der Waals surface area contributed by atoms with Gasteiger partial charge in [-0.2, -0.15) is 0 Å². The average molecular weight is 320 g/mol. The van der Waals surface area contributed by atoms with Gasteiger partial charge >= 0.3 is 5.97 Å². The van der Waals surface area contributed by atoms with E-state index in [-0.39, 0.29) is 6.42 Å². The third kappa shape index (κ3) is 2.17. The molecule has 1 N–H and O–H groups in total. The first kappa shape index (κ1) is 14.5. The standard InChI is InChI=1S/C19H16N2O3/c1-24-16-10-9-15-18(20-16)14(7-4-8-17(22)23)19-13-6-3-2-5-12(13)11-21(15)19/h2-7,9-10H,8,11H2,1H3,(H,22,23)/b7-4+. The highest BCUT2D eigenvalue weighted by molar-refractivity contribution is 5.97. The highest BCUT2D eigenvalue weighted by Gasteiger charge is 2.25. The zero-order valence-electron chi connectivity index (χ0n) is 13.2. The van der Waals surface area contributed by atoms with Gasteiger partial charge in [0.05, 0.1) is 24.7 Å². The molecule has 5 heteroatoms. The number of pyridine rings is 1. The van der Waals surface area contributed by atoms with Crippen LogP contribution in [0, 0.1) is 0 Å². The number of ether oxygens (including phenoxy) is 1. The predicted octanol–water partition coefficient (Wildman–Crippen LogP) is 3.56. The Hall–Kier alpha value is -3.08. The van der Waals surface area contributed by atoms with Crippen LogP contribution in [0.1, 0.15) is 17.5 Å². The Bertz CT molecular complexity index is 986. The maximum absolute atomic E-state index is 10.8. The molecule has 2 aromatic heterocycles. The van der Waals surface area contributed by atoms with E-state index in [2.05, 4.69) is 21.7 Å². The van der Waals surface area contributed by atoms with E-state index in [4.69, 9.17) is 9.84 Å². The molecule has 1 aromatic carbocycles. The van der Waals surface area contributed by atoms with Gasteiger partial charge in [0.2, 0.25) is 5.88 Å². The van der Waals surface area contributed by atoms with Crippen molar-refractivity contribution in [3.63, 3.8) is 0 Å². The van der Waals surface area contributed by atoms with Crippen LogP contribution >= 0.6 is 0 Å². The summed E-state index contributed by atoms with van der Waals surface area (Å²) in [6.07, 6.45) is 3.51. The molecule has 0 aliphatic carbocycles. The number of carboxylic acid groups (broad SMARTS) is 1. The van der Waals surface area contributed by atoms with Crippen molar-refractivity contribution in [2.45, 2.75) is 13.0 Å². The van der Waals surface area contributed by atoms with Crippen molar-refractivity contribution in [1.29, 1.82) is 0 Å². The molecule has 3 heterocycles. The fourth-order valence-electron chi connectivity index (χ4n) is 3.29. The van der Waals surface area contributed by atoms with E-state index in [0.717, 1.165) is 28.8 Å². The van der Waals surface area contributed by atoms with Gasteiger partial charge in [-0.25, -0.2) is 4.98 Å². The second-order valence-electron chi connectivity index (χ2n) is 5.73. The SMILES string of the molecule is COc1ccc2c(n1)c(/C=C/CC(=O)O)c1n2Cc2ccccc2-1. The normalized spacial score (nSPS) is 12.5.